The van der Waals surface area contributed by atoms with Crippen molar-refractivity contribution < 1.29 is 19.4 Å². The number of hydrogen-bond acceptors (Lipinski definition) is 5. The van der Waals surface area contributed by atoms with Gasteiger partial charge in [-0.05, 0) is 25.7 Å². The van der Waals surface area contributed by atoms with E-state index < -0.39 is 5.54 Å². The van der Waals surface area contributed by atoms with Crippen LogP contribution in [0.5, 0.6) is 0 Å². The Balaban J connectivity index is 2.16. The molecule has 0 aromatic rings. The molecule has 15 heavy (non-hydrogen) atoms. The van der Waals surface area contributed by atoms with Crippen molar-refractivity contribution in [2.24, 2.45) is 5.73 Å². The Morgan fingerprint density at radius 2 is 2.40 bits per heavy atom. The molecule has 0 bridgehead atoms. The molecule has 2 atom stereocenters. The van der Waals surface area contributed by atoms with Crippen LogP contribution in [0.25, 0.3) is 0 Å². The summed E-state index contributed by atoms with van der Waals surface area (Å²) in [4.78, 5) is 10.6. The molecule has 1 aliphatic heterocycles. The molecule has 0 amide bonds. The van der Waals surface area contributed by atoms with Crippen LogP contribution in [-0.2, 0) is 14.3 Å². The summed E-state index contributed by atoms with van der Waals surface area (Å²) in [5.74, 6) is 0. The van der Waals surface area contributed by atoms with Gasteiger partial charge in [-0.25, -0.2) is 0 Å². The lowest BCUT2D eigenvalue weighted by molar-refractivity contribution is -0.165. The van der Waals surface area contributed by atoms with E-state index in [0.717, 1.165) is 25.9 Å². The molecule has 88 valence electrons. The molecule has 0 aromatic heterocycles. The van der Waals surface area contributed by atoms with Gasteiger partial charge >= 0.3 is 0 Å². The zero-order valence-corrected chi connectivity index (χ0v) is 8.85. The van der Waals surface area contributed by atoms with E-state index >= 15 is 0 Å². The highest BCUT2D eigenvalue weighted by molar-refractivity contribution is 5.63. The second-order valence-electron chi connectivity index (χ2n) is 3.93. The van der Waals surface area contributed by atoms with Gasteiger partial charge < -0.3 is 25.1 Å². The quantitative estimate of drug-likeness (QED) is 0.602. The number of nitrogens with two attached hydrogens (primary N) is 1. The van der Waals surface area contributed by atoms with Crippen LogP contribution < -0.4 is 5.73 Å². The molecule has 1 rings (SSSR count). The summed E-state index contributed by atoms with van der Waals surface area (Å²) in [6.45, 7) is 0.706. The summed E-state index contributed by atoms with van der Waals surface area (Å²) in [6.07, 6.45) is 3.77. The number of ether oxygens (including phenoxy) is 2. The Hall–Kier alpha value is -0.490. The molecule has 2 unspecified atom stereocenters. The van der Waals surface area contributed by atoms with E-state index in [4.69, 9.17) is 20.3 Å². The molecule has 5 heteroatoms. The molecule has 1 aliphatic rings. The van der Waals surface area contributed by atoms with Gasteiger partial charge in [0.2, 0.25) is 0 Å². The molecule has 3 N–H and O–H groups in total. The lowest BCUT2D eigenvalue weighted by Gasteiger charge is -2.25. The Bertz CT molecular complexity index is 194. The molecule has 1 heterocycles. The maximum absolute atomic E-state index is 10.6. The number of aliphatic hydroxyl groups is 1. The molecule has 1 fully saturated rings. The third-order valence-electron chi connectivity index (χ3n) is 2.54. The summed E-state index contributed by atoms with van der Waals surface area (Å²) in [5, 5.41) is 8.88. The van der Waals surface area contributed by atoms with Gasteiger partial charge in [-0.2, -0.15) is 0 Å². The number of rotatable bonds is 6. The van der Waals surface area contributed by atoms with Crippen molar-refractivity contribution in [3.05, 3.63) is 0 Å². The van der Waals surface area contributed by atoms with E-state index in [1.807, 2.05) is 0 Å². The first-order chi connectivity index (χ1) is 7.20. The van der Waals surface area contributed by atoms with Crippen LogP contribution in [0.1, 0.15) is 25.7 Å². The van der Waals surface area contributed by atoms with Crippen molar-refractivity contribution in [1.82, 2.24) is 0 Å². The van der Waals surface area contributed by atoms with Gasteiger partial charge in [-0.3, -0.25) is 0 Å². The first kappa shape index (κ1) is 12.6. The topological polar surface area (TPSA) is 81.8 Å². The highest BCUT2D eigenvalue weighted by atomic mass is 16.7. The van der Waals surface area contributed by atoms with E-state index in [0.29, 0.717) is 19.3 Å². The van der Waals surface area contributed by atoms with Crippen molar-refractivity contribution in [3.8, 4) is 0 Å². The largest absolute Gasteiger partial charge is 0.394 e. The maximum Gasteiger partial charge on any atom is 0.157 e. The van der Waals surface area contributed by atoms with Gasteiger partial charge in [0.05, 0.1) is 18.8 Å². The minimum atomic E-state index is -1.17. The lowest BCUT2D eigenvalue weighted by Crippen LogP contribution is -2.46. The Kier molecular flexibility index (Phi) is 5.17. The normalized spacial score (nSPS) is 25.9. The summed E-state index contributed by atoms with van der Waals surface area (Å²) >= 11 is 0. The predicted octanol–water partition coefficient (Wildman–Crippen LogP) is -0.192. The number of aliphatic hydroxyl groups excluding tert-OH is 1. The van der Waals surface area contributed by atoms with Crippen molar-refractivity contribution >= 4 is 6.29 Å². The fourth-order valence-electron chi connectivity index (χ4n) is 1.40. The molecule has 0 aromatic carbocycles. The monoisotopic (exact) mass is 217 g/mol. The molecule has 5 nitrogen and oxygen atoms in total. The van der Waals surface area contributed by atoms with E-state index in [9.17, 15) is 4.79 Å². The summed E-state index contributed by atoms with van der Waals surface area (Å²) in [7, 11) is 0. The molecule has 0 spiro atoms. The van der Waals surface area contributed by atoms with Gasteiger partial charge in [0.25, 0.3) is 0 Å². The second-order valence-corrected chi connectivity index (χ2v) is 3.93. The van der Waals surface area contributed by atoms with Gasteiger partial charge in [0.15, 0.2) is 6.29 Å². The molecule has 1 saturated heterocycles. The number of aldehydes is 1. The standard InChI is InChI=1S/C10H19NO4/c11-10(7-12,8-13)4-6-15-9-3-1-2-5-14-9/h7,9,13H,1-6,8,11H2. The van der Waals surface area contributed by atoms with Crippen LogP contribution in [-0.4, -0.2) is 43.0 Å². The minimum Gasteiger partial charge on any atom is -0.394 e. The van der Waals surface area contributed by atoms with Gasteiger partial charge in [-0.1, -0.05) is 0 Å². The first-order valence-electron chi connectivity index (χ1n) is 5.29. The first-order valence-corrected chi connectivity index (χ1v) is 5.29. The zero-order valence-electron chi connectivity index (χ0n) is 8.85. The molecule has 0 radical (unpaired) electrons. The van der Waals surface area contributed by atoms with E-state index in [1.165, 1.54) is 0 Å². The molecular formula is C10H19NO4. The van der Waals surface area contributed by atoms with Crippen LogP contribution in [0.3, 0.4) is 0 Å². The molecule has 0 aliphatic carbocycles. The molecule has 0 saturated carbocycles. The fraction of sp³-hybridized carbons (Fsp3) is 0.900. The third kappa shape index (κ3) is 4.25. The average Bonchev–Trinajstić information content (AvgIpc) is 2.30. The zero-order chi connectivity index (χ0) is 11.1. The number of hydrogen-bond donors (Lipinski definition) is 2. The van der Waals surface area contributed by atoms with Crippen LogP contribution in [0.4, 0.5) is 0 Å². The van der Waals surface area contributed by atoms with Gasteiger partial charge in [0.1, 0.15) is 6.29 Å². The molecular weight excluding hydrogens is 198 g/mol. The van der Waals surface area contributed by atoms with E-state index in [1.54, 1.807) is 0 Å². The third-order valence-corrected chi connectivity index (χ3v) is 2.54. The SMILES string of the molecule is NC(C=O)(CO)CCOC1CCCCO1. The minimum absolute atomic E-state index is 0.173. The van der Waals surface area contributed by atoms with Crippen molar-refractivity contribution in [1.29, 1.82) is 0 Å². The average molecular weight is 217 g/mol. The highest BCUT2D eigenvalue weighted by Gasteiger charge is 2.24. The van der Waals surface area contributed by atoms with Gasteiger partial charge in [-0.15, -0.1) is 0 Å². The van der Waals surface area contributed by atoms with Crippen LogP contribution in [0.15, 0.2) is 0 Å². The van der Waals surface area contributed by atoms with Crippen LogP contribution in [0, 0.1) is 0 Å². The fourth-order valence-corrected chi connectivity index (χ4v) is 1.40. The predicted molar refractivity (Wildman–Crippen MR) is 54.2 cm³/mol. The Labute approximate surface area is 89.5 Å². The number of carbonyl (C=O) groups excluding carboxylic acids is 1. The number of carbonyl (C=O) groups is 1. The lowest BCUT2D eigenvalue weighted by atomic mass is 10.0. The smallest absolute Gasteiger partial charge is 0.157 e. The summed E-state index contributed by atoms with van der Waals surface area (Å²) in [5.41, 5.74) is 4.40. The van der Waals surface area contributed by atoms with Gasteiger partial charge in [0, 0.05) is 6.61 Å². The van der Waals surface area contributed by atoms with Crippen molar-refractivity contribution in [2.75, 3.05) is 19.8 Å². The van der Waals surface area contributed by atoms with Crippen LogP contribution in [0.2, 0.25) is 0 Å². The Morgan fingerprint density at radius 3 is 2.93 bits per heavy atom. The van der Waals surface area contributed by atoms with Crippen molar-refractivity contribution in [2.45, 2.75) is 37.5 Å². The Morgan fingerprint density at radius 1 is 1.60 bits per heavy atom. The maximum atomic E-state index is 10.6. The second kappa shape index (κ2) is 6.17. The summed E-state index contributed by atoms with van der Waals surface area (Å²) in [6, 6.07) is 0. The van der Waals surface area contributed by atoms with Crippen molar-refractivity contribution in [3.63, 3.8) is 0 Å². The van der Waals surface area contributed by atoms with E-state index in [2.05, 4.69) is 0 Å². The van der Waals surface area contributed by atoms with Crippen LogP contribution >= 0.6 is 0 Å². The highest BCUT2D eigenvalue weighted by Crippen LogP contribution is 2.14. The summed E-state index contributed by atoms with van der Waals surface area (Å²) < 4.78 is 10.8. The van der Waals surface area contributed by atoms with E-state index in [-0.39, 0.29) is 12.9 Å².